The highest BCUT2D eigenvalue weighted by molar-refractivity contribution is 7.07. The number of methoxy groups -OCH3 is 2. The van der Waals surface area contributed by atoms with Gasteiger partial charge in [0.05, 0.1) is 36.1 Å². The Hall–Kier alpha value is -3.39. The van der Waals surface area contributed by atoms with E-state index in [2.05, 4.69) is 9.98 Å². The summed E-state index contributed by atoms with van der Waals surface area (Å²) in [5.41, 5.74) is 2.26. The number of fused-ring (bicyclic) bond motifs is 1. The van der Waals surface area contributed by atoms with Crippen molar-refractivity contribution in [3.63, 3.8) is 0 Å². The molecule has 1 aromatic carbocycles. The molecular formula is C21H19N3O4S. The third kappa shape index (κ3) is 3.31. The van der Waals surface area contributed by atoms with Gasteiger partial charge in [0.15, 0.2) is 4.80 Å². The highest BCUT2D eigenvalue weighted by Crippen LogP contribution is 2.31. The van der Waals surface area contributed by atoms with Gasteiger partial charge in [0.2, 0.25) is 0 Å². The SMILES string of the molecule is COC(=O)C1=C(C)N=c2s/c(=C/c3ccc[nH]3)c(=O)n2[C@@H]1c1ccc(OC)cc1. The van der Waals surface area contributed by atoms with Crippen LogP contribution in [-0.4, -0.2) is 29.7 Å². The van der Waals surface area contributed by atoms with Gasteiger partial charge >= 0.3 is 5.97 Å². The van der Waals surface area contributed by atoms with E-state index in [1.165, 1.54) is 18.4 Å². The molecule has 3 aromatic rings. The number of thiazole rings is 1. The molecule has 0 fully saturated rings. The standard InChI is InChI=1S/C21H19N3O4S/c1-12-17(20(26)28-3)18(13-6-8-15(27-2)9-7-13)24-19(25)16(29-21(24)23-12)11-14-5-4-10-22-14/h4-11,18,22H,1-3H3/b16-11+/t18-/m1/s1. The van der Waals surface area contributed by atoms with E-state index in [0.29, 0.717) is 26.4 Å². The van der Waals surface area contributed by atoms with Crippen LogP contribution in [0, 0.1) is 0 Å². The van der Waals surface area contributed by atoms with Crippen molar-refractivity contribution in [1.82, 2.24) is 9.55 Å². The van der Waals surface area contributed by atoms with Crippen LogP contribution >= 0.6 is 11.3 Å². The third-order valence-corrected chi connectivity index (χ3v) is 5.75. The quantitative estimate of drug-likeness (QED) is 0.665. The van der Waals surface area contributed by atoms with E-state index < -0.39 is 12.0 Å². The molecule has 0 saturated carbocycles. The van der Waals surface area contributed by atoms with Gasteiger partial charge in [-0.15, -0.1) is 0 Å². The summed E-state index contributed by atoms with van der Waals surface area (Å²) in [7, 11) is 2.91. The number of nitrogens with one attached hydrogen (secondary N) is 1. The number of ether oxygens (including phenoxy) is 2. The molecule has 1 aliphatic heterocycles. The Labute approximate surface area is 170 Å². The minimum absolute atomic E-state index is 0.210. The van der Waals surface area contributed by atoms with Gasteiger partial charge in [0, 0.05) is 11.9 Å². The number of aromatic amines is 1. The summed E-state index contributed by atoms with van der Waals surface area (Å²) in [5.74, 6) is 0.180. The number of aromatic nitrogens is 2. The highest BCUT2D eigenvalue weighted by Gasteiger charge is 2.33. The average Bonchev–Trinajstić information content (AvgIpc) is 3.35. The molecule has 0 saturated heterocycles. The highest BCUT2D eigenvalue weighted by atomic mass is 32.1. The minimum atomic E-state index is -0.629. The fourth-order valence-electron chi connectivity index (χ4n) is 3.37. The Bertz CT molecular complexity index is 1260. The molecule has 1 N–H and O–H groups in total. The maximum absolute atomic E-state index is 13.3. The van der Waals surface area contributed by atoms with Gasteiger partial charge in [-0.25, -0.2) is 9.79 Å². The van der Waals surface area contributed by atoms with Crippen molar-refractivity contribution in [1.29, 1.82) is 0 Å². The van der Waals surface area contributed by atoms with Gasteiger partial charge in [-0.2, -0.15) is 0 Å². The van der Waals surface area contributed by atoms with Gasteiger partial charge in [-0.1, -0.05) is 23.5 Å². The second-order valence-corrected chi connectivity index (χ2v) is 7.48. The molecule has 1 aliphatic rings. The molecule has 0 unspecified atom stereocenters. The van der Waals surface area contributed by atoms with Crippen LogP contribution in [0.5, 0.6) is 5.75 Å². The van der Waals surface area contributed by atoms with E-state index in [4.69, 9.17) is 9.47 Å². The van der Waals surface area contributed by atoms with E-state index in [0.717, 1.165) is 11.3 Å². The summed E-state index contributed by atoms with van der Waals surface area (Å²) >= 11 is 1.29. The minimum Gasteiger partial charge on any atom is -0.497 e. The van der Waals surface area contributed by atoms with Crippen LogP contribution in [0.15, 0.2) is 63.7 Å². The largest absolute Gasteiger partial charge is 0.497 e. The van der Waals surface area contributed by atoms with Crippen LogP contribution in [0.2, 0.25) is 0 Å². The van der Waals surface area contributed by atoms with Crippen LogP contribution in [0.25, 0.3) is 6.08 Å². The second-order valence-electron chi connectivity index (χ2n) is 6.47. The number of nitrogens with zero attached hydrogens (tertiary/aromatic N) is 2. The molecule has 7 nitrogen and oxygen atoms in total. The third-order valence-electron chi connectivity index (χ3n) is 4.77. The maximum Gasteiger partial charge on any atom is 0.338 e. The van der Waals surface area contributed by atoms with Crippen LogP contribution < -0.4 is 19.6 Å². The Morgan fingerprint density at radius 3 is 2.62 bits per heavy atom. The monoisotopic (exact) mass is 409 g/mol. The molecule has 0 radical (unpaired) electrons. The van der Waals surface area contributed by atoms with Crippen molar-refractivity contribution < 1.29 is 14.3 Å². The number of allylic oxidation sites excluding steroid dienone is 1. The Morgan fingerprint density at radius 2 is 2.00 bits per heavy atom. The zero-order valence-corrected chi connectivity index (χ0v) is 16.9. The number of hydrogen-bond donors (Lipinski definition) is 1. The predicted octanol–water partition coefficient (Wildman–Crippen LogP) is 1.74. The van der Waals surface area contributed by atoms with Crippen molar-refractivity contribution in [3.05, 3.63) is 84.8 Å². The molecule has 0 amide bonds. The van der Waals surface area contributed by atoms with Gasteiger partial charge < -0.3 is 14.5 Å². The zero-order chi connectivity index (χ0) is 20.5. The lowest BCUT2D eigenvalue weighted by Crippen LogP contribution is -2.39. The maximum atomic E-state index is 13.3. The number of esters is 1. The van der Waals surface area contributed by atoms with Gasteiger partial charge in [0.1, 0.15) is 5.75 Å². The molecule has 29 heavy (non-hydrogen) atoms. The van der Waals surface area contributed by atoms with E-state index >= 15 is 0 Å². The fraction of sp³-hybridized carbons (Fsp3) is 0.190. The topological polar surface area (TPSA) is 85.7 Å². The molecule has 1 atom stereocenters. The summed E-state index contributed by atoms with van der Waals surface area (Å²) in [6.07, 6.45) is 3.58. The first-order valence-corrected chi connectivity index (χ1v) is 9.73. The summed E-state index contributed by atoms with van der Waals surface area (Å²) in [4.78, 5) is 34.0. The molecule has 0 spiro atoms. The lowest BCUT2D eigenvalue weighted by Gasteiger charge is -2.24. The van der Waals surface area contributed by atoms with Crippen molar-refractivity contribution in [2.24, 2.45) is 4.99 Å². The number of carbonyl (C=O) groups excluding carboxylic acids is 1. The molecule has 148 valence electrons. The first-order chi connectivity index (χ1) is 14.0. The summed E-state index contributed by atoms with van der Waals surface area (Å²) in [6, 6.07) is 10.4. The number of rotatable bonds is 4. The van der Waals surface area contributed by atoms with Crippen LogP contribution in [0.4, 0.5) is 0 Å². The zero-order valence-electron chi connectivity index (χ0n) is 16.1. The molecule has 2 aromatic heterocycles. The van der Waals surface area contributed by atoms with Crippen LogP contribution in [0.1, 0.15) is 24.2 Å². The molecule has 8 heteroatoms. The number of hydrogen-bond acceptors (Lipinski definition) is 6. The normalized spacial score (nSPS) is 16.4. The van der Waals surface area contributed by atoms with E-state index in [-0.39, 0.29) is 5.56 Å². The molecule has 0 aliphatic carbocycles. The van der Waals surface area contributed by atoms with Crippen molar-refractivity contribution >= 4 is 23.4 Å². The van der Waals surface area contributed by atoms with Crippen molar-refractivity contribution in [2.45, 2.75) is 13.0 Å². The molecular weight excluding hydrogens is 390 g/mol. The lowest BCUT2D eigenvalue weighted by atomic mass is 9.96. The second kappa shape index (κ2) is 7.56. The van der Waals surface area contributed by atoms with E-state index in [1.54, 1.807) is 43.0 Å². The molecule has 3 heterocycles. The average molecular weight is 409 g/mol. The number of carbonyl (C=O) groups is 1. The van der Waals surface area contributed by atoms with E-state index in [9.17, 15) is 9.59 Å². The van der Waals surface area contributed by atoms with Gasteiger partial charge in [0.25, 0.3) is 5.56 Å². The number of H-pyrrole nitrogens is 1. The Balaban J connectivity index is 1.97. The summed E-state index contributed by atoms with van der Waals surface area (Å²) in [5, 5.41) is 0. The van der Waals surface area contributed by atoms with Crippen molar-refractivity contribution in [3.8, 4) is 5.75 Å². The Kier molecular flexibility index (Phi) is 4.94. The molecule has 0 bridgehead atoms. The van der Waals surface area contributed by atoms with E-state index in [1.807, 2.05) is 24.3 Å². The number of benzene rings is 1. The smallest absolute Gasteiger partial charge is 0.338 e. The van der Waals surface area contributed by atoms with Crippen LogP contribution in [-0.2, 0) is 9.53 Å². The Morgan fingerprint density at radius 1 is 1.24 bits per heavy atom. The lowest BCUT2D eigenvalue weighted by molar-refractivity contribution is -0.136. The summed E-state index contributed by atoms with van der Waals surface area (Å²) < 4.78 is 12.3. The van der Waals surface area contributed by atoms with Gasteiger partial charge in [-0.05, 0) is 42.8 Å². The predicted molar refractivity (Wildman–Crippen MR) is 110 cm³/mol. The first kappa shape index (κ1) is 18.9. The molecule has 4 rings (SSSR count). The summed E-state index contributed by atoms with van der Waals surface area (Å²) in [6.45, 7) is 1.75. The van der Waals surface area contributed by atoms with Gasteiger partial charge in [-0.3, -0.25) is 9.36 Å². The van der Waals surface area contributed by atoms with Crippen LogP contribution in [0.3, 0.4) is 0 Å². The fourth-order valence-corrected chi connectivity index (χ4v) is 4.41. The first-order valence-electron chi connectivity index (χ1n) is 8.91. The van der Waals surface area contributed by atoms with Crippen molar-refractivity contribution in [2.75, 3.05) is 14.2 Å².